The first-order valence-electron chi connectivity index (χ1n) is 8.09. The van der Waals surface area contributed by atoms with Crippen LogP contribution in [0.3, 0.4) is 0 Å². The maximum absolute atomic E-state index is 13.3. The van der Waals surface area contributed by atoms with E-state index in [2.05, 4.69) is 5.43 Å². The minimum absolute atomic E-state index is 0.278. The van der Waals surface area contributed by atoms with Crippen LogP contribution in [0.15, 0.2) is 60.7 Å². The average Bonchev–Trinajstić information content (AvgIpc) is 3.16. The van der Waals surface area contributed by atoms with E-state index in [0.717, 1.165) is 21.5 Å². The fourth-order valence-electron chi connectivity index (χ4n) is 2.53. The molecule has 1 heterocycles. The second-order valence-electron chi connectivity index (χ2n) is 5.80. The zero-order valence-corrected chi connectivity index (χ0v) is 16.9. The van der Waals surface area contributed by atoms with E-state index in [-0.39, 0.29) is 10.6 Å². The predicted octanol–water partition coefficient (Wildman–Crippen LogP) is 5.48. The van der Waals surface area contributed by atoms with Gasteiger partial charge >= 0.3 is 6.18 Å². The number of nitrogens with one attached hydrogen (secondary N) is 1. The summed E-state index contributed by atoms with van der Waals surface area (Å²) in [5.41, 5.74) is 7.45. The number of thiocarbonyl (C=S) groups is 1. The number of thiophene rings is 1. The van der Waals surface area contributed by atoms with Crippen molar-refractivity contribution in [2.24, 2.45) is 5.73 Å². The number of carbonyl (C=O) groups excluding carboxylic acids is 1. The van der Waals surface area contributed by atoms with Crippen molar-refractivity contribution >= 4 is 51.9 Å². The number of benzene rings is 2. The molecule has 150 valence electrons. The summed E-state index contributed by atoms with van der Waals surface area (Å²) in [5, 5.41) is 0.908. The van der Waals surface area contributed by atoms with Crippen molar-refractivity contribution in [1.29, 1.82) is 0 Å². The van der Waals surface area contributed by atoms with Crippen LogP contribution in [0.5, 0.6) is 0 Å². The number of alkyl halides is 3. The molecule has 0 bridgehead atoms. The largest absolute Gasteiger partial charge is 0.418 e. The second-order valence-corrected chi connectivity index (χ2v) is 7.74. The Balaban J connectivity index is 1.87. The summed E-state index contributed by atoms with van der Waals surface area (Å²) in [5.74, 6) is -0.639. The quantitative estimate of drug-likeness (QED) is 0.405. The monoisotopic (exact) mass is 455 g/mol. The number of hydrogen-bond acceptors (Lipinski definition) is 3. The maximum atomic E-state index is 13.3. The van der Waals surface area contributed by atoms with Gasteiger partial charge in [-0.2, -0.15) is 13.2 Å². The molecule has 3 aromatic rings. The maximum Gasteiger partial charge on any atom is 0.418 e. The zero-order valence-electron chi connectivity index (χ0n) is 14.5. The first kappa shape index (κ1) is 21.1. The molecule has 0 aliphatic rings. The molecule has 0 aliphatic heterocycles. The summed E-state index contributed by atoms with van der Waals surface area (Å²) in [6.45, 7) is 0. The highest BCUT2D eigenvalue weighted by molar-refractivity contribution is 7.80. The minimum atomic E-state index is -4.64. The number of amides is 1. The zero-order chi connectivity index (χ0) is 21.2. The number of nitrogens with two attached hydrogens (primary N) is 1. The third-order valence-electron chi connectivity index (χ3n) is 3.84. The van der Waals surface area contributed by atoms with Crippen LogP contribution in [0.1, 0.15) is 15.2 Å². The minimum Gasteiger partial charge on any atom is -0.374 e. The van der Waals surface area contributed by atoms with Gasteiger partial charge in [-0.25, -0.2) is 5.01 Å². The van der Waals surface area contributed by atoms with Crippen molar-refractivity contribution in [3.63, 3.8) is 0 Å². The van der Waals surface area contributed by atoms with Gasteiger partial charge in [0, 0.05) is 9.90 Å². The Morgan fingerprint density at radius 1 is 1.07 bits per heavy atom. The van der Waals surface area contributed by atoms with E-state index < -0.39 is 22.8 Å². The molecule has 0 radical (unpaired) electrons. The highest BCUT2D eigenvalue weighted by Gasteiger charge is 2.35. The van der Waals surface area contributed by atoms with E-state index in [0.29, 0.717) is 5.02 Å². The molecule has 0 spiro atoms. The Morgan fingerprint density at radius 2 is 1.72 bits per heavy atom. The van der Waals surface area contributed by atoms with E-state index in [9.17, 15) is 18.0 Å². The molecule has 4 nitrogen and oxygen atoms in total. The van der Waals surface area contributed by atoms with E-state index in [1.165, 1.54) is 29.5 Å². The summed E-state index contributed by atoms with van der Waals surface area (Å²) in [6.07, 6.45) is -4.64. The first-order valence-corrected chi connectivity index (χ1v) is 9.69. The first-order chi connectivity index (χ1) is 13.7. The number of rotatable bonds is 3. The SMILES string of the molecule is NC(=S)N(NC(=O)c1ccc(-c2ccc(Cl)cc2)s1)c1ccccc1C(F)(F)F. The summed E-state index contributed by atoms with van der Waals surface area (Å²) in [4.78, 5) is 13.7. The van der Waals surface area contributed by atoms with E-state index in [1.54, 1.807) is 36.4 Å². The Morgan fingerprint density at radius 3 is 2.34 bits per heavy atom. The van der Waals surface area contributed by atoms with E-state index >= 15 is 0 Å². The molecule has 0 fully saturated rings. The van der Waals surface area contributed by atoms with E-state index in [1.807, 2.05) is 0 Å². The van der Waals surface area contributed by atoms with Gasteiger partial charge in [0.2, 0.25) is 0 Å². The molecule has 0 unspecified atom stereocenters. The fraction of sp³-hybridized carbons (Fsp3) is 0.0526. The normalized spacial score (nSPS) is 11.2. The lowest BCUT2D eigenvalue weighted by molar-refractivity contribution is -0.137. The summed E-state index contributed by atoms with van der Waals surface area (Å²) in [6, 6.07) is 15.0. The summed E-state index contributed by atoms with van der Waals surface area (Å²) < 4.78 is 40.0. The van der Waals surface area contributed by atoms with Crippen LogP contribution >= 0.6 is 35.2 Å². The molecule has 1 amide bonds. The number of halogens is 4. The Hall–Kier alpha value is -2.62. The highest BCUT2D eigenvalue weighted by atomic mass is 35.5. The molecule has 0 aliphatic carbocycles. The molecule has 0 saturated carbocycles. The molecule has 0 atom stereocenters. The van der Waals surface area contributed by atoms with Gasteiger partial charge in [0.1, 0.15) is 0 Å². The van der Waals surface area contributed by atoms with Crippen LogP contribution in [0, 0.1) is 0 Å². The van der Waals surface area contributed by atoms with Crippen LogP contribution in [-0.2, 0) is 6.18 Å². The Bertz CT molecular complexity index is 1050. The second kappa shape index (κ2) is 8.40. The molecule has 3 rings (SSSR count). The van der Waals surface area contributed by atoms with Crippen LogP contribution < -0.4 is 16.2 Å². The van der Waals surface area contributed by atoms with Crippen molar-refractivity contribution in [2.45, 2.75) is 6.18 Å². The molecular formula is C19H13ClF3N3OS2. The van der Waals surface area contributed by atoms with Crippen molar-refractivity contribution in [1.82, 2.24) is 5.43 Å². The number of nitrogens with zero attached hydrogens (tertiary/aromatic N) is 1. The lowest BCUT2D eigenvalue weighted by Crippen LogP contribution is -2.49. The number of anilines is 1. The third kappa shape index (κ3) is 4.87. The lowest BCUT2D eigenvalue weighted by Gasteiger charge is -2.26. The third-order valence-corrected chi connectivity index (χ3v) is 5.41. The average molecular weight is 456 g/mol. The molecule has 1 aromatic heterocycles. The van der Waals surface area contributed by atoms with Crippen molar-refractivity contribution in [3.8, 4) is 10.4 Å². The Kier molecular flexibility index (Phi) is 6.11. The van der Waals surface area contributed by atoms with Crippen molar-refractivity contribution in [2.75, 3.05) is 5.01 Å². The van der Waals surface area contributed by atoms with Crippen LogP contribution in [0.4, 0.5) is 18.9 Å². The van der Waals surface area contributed by atoms with Crippen LogP contribution in [-0.4, -0.2) is 11.0 Å². The molecule has 3 N–H and O–H groups in total. The Labute approximate surface area is 178 Å². The van der Waals surface area contributed by atoms with E-state index in [4.69, 9.17) is 29.6 Å². The van der Waals surface area contributed by atoms with Gasteiger partial charge < -0.3 is 5.73 Å². The van der Waals surface area contributed by atoms with Crippen molar-refractivity contribution < 1.29 is 18.0 Å². The van der Waals surface area contributed by atoms with Gasteiger partial charge in [-0.05, 0) is 54.2 Å². The van der Waals surface area contributed by atoms with Gasteiger partial charge in [-0.15, -0.1) is 11.3 Å². The van der Waals surface area contributed by atoms with Crippen LogP contribution in [0.25, 0.3) is 10.4 Å². The van der Waals surface area contributed by atoms with Gasteiger partial charge in [-0.3, -0.25) is 10.2 Å². The molecular weight excluding hydrogens is 443 g/mol. The molecule has 10 heteroatoms. The number of carbonyl (C=O) groups is 1. The molecule has 0 saturated heterocycles. The standard InChI is InChI=1S/C19H13ClF3N3OS2/c20-12-7-5-11(6-8-12)15-9-10-16(29-15)17(27)25-26(18(24)28)14-4-2-1-3-13(14)19(21,22)23/h1-10H,(H2,24,28)(H,25,27). The van der Waals surface area contributed by atoms with Gasteiger partial charge in [0.15, 0.2) is 5.11 Å². The number of hydrazine groups is 1. The lowest BCUT2D eigenvalue weighted by atomic mass is 10.1. The number of hydrogen-bond donors (Lipinski definition) is 2. The number of para-hydroxylation sites is 1. The fourth-order valence-corrected chi connectivity index (χ4v) is 3.70. The summed E-state index contributed by atoms with van der Waals surface area (Å²) >= 11 is 11.9. The van der Waals surface area contributed by atoms with Gasteiger partial charge in [0.05, 0.1) is 16.1 Å². The smallest absolute Gasteiger partial charge is 0.374 e. The van der Waals surface area contributed by atoms with Gasteiger partial charge in [-0.1, -0.05) is 35.9 Å². The topological polar surface area (TPSA) is 58.4 Å². The predicted molar refractivity (Wildman–Crippen MR) is 113 cm³/mol. The molecule has 29 heavy (non-hydrogen) atoms. The highest BCUT2D eigenvalue weighted by Crippen LogP contribution is 2.36. The van der Waals surface area contributed by atoms with Crippen molar-refractivity contribution in [3.05, 3.63) is 76.1 Å². The van der Waals surface area contributed by atoms with Gasteiger partial charge in [0.25, 0.3) is 5.91 Å². The van der Waals surface area contributed by atoms with Crippen LogP contribution in [0.2, 0.25) is 5.02 Å². The summed E-state index contributed by atoms with van der Waals surface area (Å²) in [7, 11) is 0. The molecule has 2 aromatic carbocycles.